The van der Waals surface area contributed by atoms with Crippen molar-refractivity contribution in [2.45, 2.75) is 6.04 Å². The number of carboxylic acids is 1. The number of hydrogen-bond acceptors (Lipinski definition) is 4. The SMILES string of the molecule is O=C(O)c1ccc(NC(=O)C2COCCN2)cc1Cl. The smallest absolute Gasteiger partial charge is 0.337 e. The molecule has 7 heteroatoms. The Bertz CT molecular complexity index is 501. The highest BCUT2D eigenvalue weighted by molar-refractivity contribution is 6.33. The summed E-state index contributed by atoms with van der Waals surface area (Å²) in [7, 11) is 0. The molecule has 102 valence electrons. The fourth-order valence-corrected chi connectivity index (χ4v) is 1.99. The number of amides is 1. The molecule has 1 aromatic rings. The maximum absolute atomic E-state index is 11.9. The molecule has 3 N–H and O–H groups in total. The lowest BCUT2D eigenvalue weighted by Gasteiger charge is -2.22. The van der Waals surface area contributed by atoms with Crippen LogP contribution >= 0.6 is 11.6 Å². The number of morpholine rings is 1. The van der Waals surface area contributed by atoms with E-state index in [1.54, 1.807) is 0 Å². The first kappa shape index (κ1) is 13.8. The Balaban J connectivity index is 2.04. The van der Waals surface area contributed by atoms with Gasteiger partial charge in [-0.05, 0) is 18.2 Å². The number of anilines is 1. The average molecular weight is 285 g/mol. The number of ether oxygens (including phenoxy) is 1. The van der Waals surface area contributed by atoms with Gasteiger partial charge in [-0.1, -0.05) is 11.6 Å². The largest absolute Gasteiger partial charge is 0.478 e. The van der Waals surface area contributed by atoms with E-state index in [4.69, 9.17) is 21.4 Å². The van der Waals surface area contributed by atoms with Crippen LogP contribution in [0.15, 0.2) is 18.2 Å². The molecule has 1 atom stereocenters. The number of carboxylic acid groups (broad SMARTS) is 1. The summed E-state index contributed by atoms with van der Waals surface area (Å²) in [4.78, 5) is 22.7. The zero-order valence-electron chi connectivity index (χ0n) is 9.98. The molecule has 1 aliphatic heterocycles. The summed E-state index contributed by atoms with van der Waals surface area (Å²) in [6, 6.07) is 3.85. The summed E-state index contributed by atoms with van der Waals surface area (Å²) < 4.78 is 5.19. The second-order valence-electron chi connectivity index (χ2n) is 4.07. The molecule has 1 unspecified atom stereocenters. The molecule has 0 aliphatic carbocycles. The second kappa shape index (κ2) is 6.01. The van der Waals surface area contributed by atoms with Crippen LogP contribution in [0.4, 0.5) is 5.69 Å². The van der Waals surface area contributed by atoms with Gasteiger partial charge in [0.05, 0.1) is 23.8 Å². The van der Waals surface area contributed by atoms with Crippen molar-refractivity contribution in [3.05, 3.63) is 28.8 Å². The summed E-state index contributed by atoms with van der Waals surface area (Å²) in [5.74, 6) is -1.34. The van der Waals surface area contributed by atoms with Crippen molar-refractivity contribution in [2.75, 3.05) is 25.1 Å². The molecule has 0 spiro atoms. The van der Waals surface area contributed by atoms with Gasteiger partial charge in [0, 0.05) is 12.2 Å². The average Bonchev–Trinajstić information content (AvgIpc) is 2.39. The van der Waals surface area contributed by atoms with Crippen LogP contribution in [0.2, 0.25) is 5.02 Å². The summed E-state index contributed by atoms with van der Waals surface area (Å²) in [6.45, 7) is 1.52. The molecule has 1 heterocycles. The first-order valence-corrected chi connectivity index (χ1v) is 6.10. The van der Waals surface area contributed by atoms with Gasteiger partial charge < -0.3 is 20.5 Å². The number of rotatable bonds is 3. The lowest BCUT2D eigenvalue weighted by atomic mass is 10.2. The maximum atomic E-state index is 11.9. The zero-order chi connectivity index (χ0) is 13.8. The Morgan fingerprint density at radius 1 is 1.47 bits per heavy atom. The fraction of sp³-hybridized carbons (Fsp3) is 0.333. The molecular formula is C12H13ClN2O4. The standard InChI is InChI=1S/C12H13ClN2O4/c13-9-5-7(1-2-8(9)12(17)18)15-11(16)10-6-19-4-3-14-10/h1-2,5,10,14H,3-4,6H2,(H,15,16)(H,17,18). The predicted octanol–water partition coefficient (Wildman–Crippen LogP) is 0.965. The second-order valence-corrected chi connectivity index (χ2v) is 4.48. The van der Waals surface area contributed by atoms with Crippen LogP contribution in [-0.2, 0) is 9.53 Å². The third kappa shape index (κ3) is 3.44. The Labute approximate surface area is 114 Å². The first-order valence-electron chi connectivity index (χ1n) is 5.73. The van der Waals surface area contributed by atoms with Gasteiger partial charge in [-0.15, -0.1) is 0 Å². The third-order valence-corrected chi connectivity index (χ3v) is 3.02. The zero-order valence-corrected chi connectivity index (χ0v) is 10.7. The van der Waals surface area contributed by atoms with Crippen LogP contribution in [0, 0.1) is 0 Å². The number of aromatic carboxylic acids is 1. The molecule has 1 aliphatic rings. The van der Waals surface area contributed by atoms with E-state index in [2.05, 4.69) is 10.6 Å². The van der Waals surface area contributed by atoms with Gasteiger partial charge in [0.25, 0.3) is 0 Å². The van der Waals surface area contributed by atoms with Crippen LogP contribution in [-0.4, -0.2) is 42.8 Å². The Morgan fingerprint density at radius 2 is 2.26 bits per heavy atom. The van der Waals surface area contributed by atoms with E-state index in [0.717, 1.165) is 0 Å². The lowest BCUT2D eigenvalue weighted by Crippen LogP contribution is -2.48. The minimum Gasteiger partial charge on any atom is -0.478 e. The van der Waals surface area contributed by atoms with E-state index in [-0.39, 0.29) is 16.5 Å². The molecule has 0 bridgehead atoms. The fourth-order valence-electron chi connectivity index (χ4n) is 1.73. The number of nitrogens with one attached hydrogen (secondary N) is 2. The van der Waals surface area contributed by atoms with Crippen molar-refractivity contribution in [1.29, 1.82) is 0 Å². The van der Waals surface area contributed by atoms with Crippen molar-refractivity contribution in [1.82, 2.24) is 5.32 Å². The number of carbonyl (C=O) groups is 2. The van der Waals surface area contributed by atoms with E-state index < -0.39 is 12.0 Å². The summed E-state index contributed by atoms with van der Waals surface area (Å²) in [6.07, 6.45) is 0. The number of carbonyl (C=O) groups excluding carboxylic acids is 1. The van der Waals surface area contributed by atoms with Crippen molar-refractivity contribution in [2.24, 2.45) is 0 Å². The third-order valence-electron chi connectivity index (χ3n) is 2.71. The predicted molar refractivity (Wildman–Crippen MR) is 69.7 cm³/mol. The summed E-state index contributed by atoms with van der Waals surface area (Å²) >= 11 is 5.82. The maximum Gasteiger partial charge on any atom is 0.337 e. The van der Waals surface area contributed by atoms with Gasteiger partial charge in [0.15, 0.2) is 0 Å². The molecule has 0 saturated carbocycles. The number of benzene rings is 1. The molecular weight excluding hydrogens is 272 g/mol. The Kier molecular flexibility index (Phi) is 4.36. The van der Waals surface area contributed by atoms with E-state index in [1.165, 1.54) is 18.2 Å². The van der Waals surface area contributed by atoms with Gasteiger partial charge in [-0.25, -0.2) is 4.79 Å². The summed E-state index contributed by atoms with van der Waals surface area (Å²) in [5.41, 5.74) is 0.450. The van der Waals surface area contributed by atoms with Crippen molar-refractivity contribution < 1.29 is 19.4 Å². The van der Waals surface area contributed by atoms with Gasteiger partial charge >= 0.3 is 5.97 Å². The summed E-state index contributed by atoms with van der Waals surface area (Å²) in [5, 5.41) is 14.6. The van der Waals surface area contributed by atoms with Gasteiger partial charge in [-0.3, -0.25) is 4.79 Å². The van der Waals surface area contributed by atoms with Crippen LogP contribution < -0.4 is 10.6 Å². The number of hydrogen-bond donors (Lipinski definition) is 3. The van der Waals surface area contributed by atoms with Gasteiger partial charge in [-0.2, -0.15) is 0 Å². The van der Waals surface area contributed by atoms with Crippen LogP contribution in [0.5, 0.6) is 0 Å². The van der Waals surface area contributed by atoms with E-state index >= 15 is 0 Å². The quantitative estimate of drug-likeness (QED) is 0.770. The van der Waals surface area contributed by atoms with Gasteiger partial charge in [0.2, 0.25) is 5.91 Å². The van der Waals surface area contributed by atoms with Crippen molar-refractivity contribution >= 4 is 29.2 Å². The monoisotopic (exact) mass is 284 g/mol. The van der Waals surface area contributed by atoms with E-state index in [1.807, 2.05) is 0 Å². The van der Waals surface area contributed by atoms with E-state index in [0.29, 0.717) is 25.4 Å². The Morgan fingerprint density at radius 3 is 2.84 bits per heavy atom. The minimum atomic E-state index is -1.11. The minimum absolute atomic E-state index is 0.00112. The molecule has 19 heavy (non-hydrogen) atoms. The molecule has 1 amide bonds. The van der Waals surface area contributed by atoms with Crippen molar-refractivity contribution in [3.8, 4) is 0 Å². The highest BCUT2D eigenvalue weighted by atomic mass is 35.5. The molecule has 2 rings (SSSR count). The van der Waals surface area contributed by atoms with Crippen LogP contribution in [0.1, 0.15) is 10.4 Å². The molecule has 1 fully saturated rings. The highest BCUT2D eigenvalue weighted by Gasteiger charge is 2.21. The van der Waals surface area contributed by atoms with Crippen LogP contribution in [0.25, 0.3) is 0 Å². The molecule has 1 saturated heterocycles. The van der Waals surface area contributed by atoms with Gasteiger partial charge in [0.1, 0.15) is 6.04 Å². The molecule has 1 aromatic carbocycles. The normalized spacial score (nSPS) is 18.9. The molecule has 0 radical (unpaired) electrons. The highest BCUT2D eigenvalue weighted by Crippen LogP contribution is 2.21. The van der Waals surface area contributed by atoms with E-state index in [9.17, 15) is 9.59 Å². The van der Waals surface area contributed by atoms with Crippen molar-refractivity contribution in [3.63, 3.8) is 0 Å². The number of halogens is 1. The topological polar surface area (TPSA) is 87.7 Å². The Hall–Kier alpha value is -1.63. The molecule has 0 aromatic heterocycles. The lowest BCUT2D eigenvalue weighted by molar-refractivity contribution is -0.120. The molecule has 6 nitrogen and oxygen atoms in total. The first-order chi connectivity index (χ1) is 9.08. The van der Waals surface area contributed by atoms with Crippen LogP contribution in [0.3, 0.4) is 0 Å².